The maximum absolute atomic E-state index is 11.3. The van der Waals surface area contributed by atoms with Crippen molar-refractivity contribution in [2.75, 3.05) is 12.8 Å². The first kappa shape index (κ1) is 16.2. The van der Waals surface area contributed by atoms with Crippen LogP contribution in [-0.2, 0) is 0 Å². The van der Waals surface area contributed by atoms with Gasteiger partial charge in [0.15, 0.2) is 0 Å². The Morgan fingerprint density at radius 2 is 1.90 bits per heavy atom. The van der Waals surface area contributed by atoms with Crippen molar-refractivity contribution in [3.05, 3.63) is 34.2 Å². The molecule has 2 rings (SSSR count). The van der Waals surface area contributed by atoms with Gasteiger partial charge in [0.25, 0.3) is 0 Å². The molecule has 1 aromatic heterocycles. The van der Waals surface area contributed by atoms with Gasteiger partial charge >= 0.3 is 5.69 Å². The van der Waals surface area contributed by atoms with Gasteiger partial charge < -0.3 is 15.3 Å². The standard InChI is InChI=1S/C16H25N3OS/c1-5-16(6-2,21-4)10-17-11(3)12-7-8-13-14(9-12)19-15(20)18-13/h7-9,11,17H,5-6,10H2,1-4H3,(H2,18,19,20). The minimum Gasteiger partial charge on any atom is -0.309 e. The van der Waals surface area contributed by atoms with Crippen LogP contribution in [0.15, 0.2) is 23.0 Å². The van der Waals surface area contributed by atoms with Crippen LogP contribution in [0.2, 0.25) is 0 Å². The number of hydrogen-bond acceptors (Lipinski definition) is 3. The lowest BCUT2D eigenvalue weighted by molar-refractivity contribution is 0.460. The fourth-order valence-corrected chi connectivity index (χ4v) is 3.44. The zero-order valence-corrected chi connectivity index (χ0v) is 14.1. The molecule has 0 spiro atoms. The summed E-state index contributed by atoms with van der Waals surface area (Å²) >= 11 is 1.95. The third-order valence-electron chi connectivity index (χ3n) is 4.49. The largest absolute Gasteiger partial charge is 0.323 e. The Kier molecular flexibility index (Phi) is 5.17. The van der Waals surface area contributed by atoms with Crippen LogP contribution >= 0.6 is 11.8 Å². The van der Waals surface area contributed by atoms with Crippen LogP contribution in [0.4, 0.5) is 0 Å². The highest BCUT2D eigenvalue weighted by atomic mass is 32.2. The lowest BCUT2D eigenvalue weighted by Gasteiger charge is -2.31. The maximum atomic E-state index is 11.3. The van der Waals surface area contributed by atoms with E-state index in [1.54, 1.807) is 0 Å². The molecule has 1 unspecified atom stereocenters. The molecule has 0 amide bonds. The summed E-state index contributed by atoms with van der Waals surface area (Å²) in [5, 5.41) is 3.64. The van der Waals surface area contributed by atoms with E-state index in [2.05, 4.69) is 48.4 Å². The third kappa shape index (κ3) is 3.52. The Morgan fingerprint density at radius 1 is 1.24 bits per heavy atom. The summed E-state index contributed by atoms with van der Waals surface area (Å²) in [5.74, 6) is 0. The molecule has 2 aromatic rings. The predicted molar refractivity (Wildman–Crippen MR) is 92.2 cm³/mol. The van der Waals surface area contributed by atoms with E-state index in [1.807, 2.05) is 23.9 Å². The summed E-state index contributed by atoms with van der Waals surface area (Å²) in [6.07, 6.45) is 4.51. The van der Waals surface area contributed by atoms with Crippen LogP contribution < -0.4 is 11.0 Å². The van der Waals surface area contributed by atoms with Crippen LogP contribution in [0.5, 0.6) is 0 Å². The molecule has 0 fully saturated rings. The lowest BCUT2D eigenvalue weighted by Crippen LogP contribution is -2.37. The molecule has 0 radical (unpaired) electrons. The van der Waals surface area contributed by atoms with E-state index in [-0.39, 0.29) is 11.7 Å². The molecule has 0 saturated carbocycles. The second-order valence-corrected chi connectivity index (χ2v) is 6.86. The van der Waals surface area contributed by atoms with Crippen LogP contribution in [0, 0.1) is 0 Å². The van der Waals surface area contributed by atoms with Crippen molar-refractivity contribution in [1.29, 1.82) is 0 Å². The third-order valence-corrected chi connectivity index (χ3v) is 6.08. The number of benzene rings is 1. The van der Waals surface area contributed by atoms with E-state index >= 15 is 0 Å². The zero-order valence-electron chi connectivity index (χ0n) is 13.2. The van der Waals surface area contributed by atoms with Gasteiger partial charge in [-0.25, -0.2) is 4.79 Å². The molecule has 116 valence electrons. The Hall–Kier alpha value is -1.20. The molecular formula is C16H25N3OS. The molecule has 0 saturated heterocycles. The topological polar surface area (TPSA) is 60.7 Å². The summed E-state index contributed by atoms with van der Waals surface area (Å²) in [4.78, 5) is 16.9. The fourth-order valence-electron chi connectivity index (χ4n) is 2.64. The van der Waals surface area contributed by atoms with Gasteiger partial charge in [-0.3, -0.25) is 0 Å². The van der Waals surface area contributed by atoms with Gasteiger partial charge in [-0.15, -0.1) is 0 Å². The van der Waals surface area contributed by atoms with Crippen LogP contribution in [0.25, 0.3) is 11.0 Å². The van der Waals surface area contributed by atoms with Gasteiger partial charge in [-0.2, -0.15) is 11.8 Å². The number of rotatable bonds is 7. The van der Waals surface area contributed by atoms with Crippen molar-refractivity contribution in [3.63, 3.8) is 0 Å². The van der Waals surface area contributed by atoms with Crippen molar-refractivity contribution in [1.82, 2.24) is 15.3 Å². The Morgan fingerprint density at radius 3 is 2.52 bits per heavy atom. The second-order valence-electron chi connectivity index (χ2n) is 5.58. The minimum atomic E-state index is -0.152. The van der Waals surface area contributed by atoms with Crippen molar-refractivity contribution in [2.45, 2.75) is 44.4 Å². The summed E-state index contributed by atoms with van der Waals surface area (Å²) in [6, 6.07) is 6.34. The summed E-state index contributed by atoms with van der Waals surface area (Å²) in [5.41, 5.74) is 2.77. The molecule has 1 atom stereocenters. The maximum Gasteiger partial charge on any atom is 0.323 e. The molecule has 3 N–H and O–H groups in total. The van der Waals surface area contributed by atoms with E-state index in [4.69, 9.17) is 0 Å². The molecule has 0 aliphatic carbocycles. The van der Waals surface area contributed by atoms with Gasteiger partial charge in [-0.05, 0) is 43.7 Å². The van der Waals surface area contributed by atoms with E-state index in [9.17, 15) is 4.79 Å². The van der Waals surface area contributed by atoms with Crippen LogP contribution in [-0.4, -0.2) is 27.5 Å². The molecule has 1 aromatic carbocycles. The normalized spacial score (nSPS) is 13.7. The Balaban J connectivity index is 2.11. The zero-order chi connectivity index (χ0) is 15.5. The molecule has 0 aliphatic heterocycles. The number of hydrogen-bond donors (Lipinski definition) is 3. The molecule has 0 bridgehead atoms. The van der Waals surface area contributed by atoms with E-state index < -0.39 is 0 Å². The van der Waals surface area contributed by atoms with E-state index in [0.717, 1.165) is 30.4 Å². The summed E-state index contributed by atoms with van der Waals surface area (Å²) in [6.45, 7) is 7.66. The first-order valence-corrected chi connectivity index (χ1v) is 8.76. The number of aromatic nitrogens is 2. The van der Waals surface area contributed by atoms with E-state index in [0.29, 0.717) is 4.75 Å². The number of H-pyrrole nitrogens is 2. The molecule has 4 nitrogen and oxygen atoms in total. The Labute approximate surface area is 130 Å². The predicted octanol–water partition coefficient (Wildman–Crippen LogP) is 3.43. The fraction of sp³-hybridized carbons (Fsp3) is 0.562. The van der Waals surface area contributed by atoms with Gasteiger partial charge in [0.05, 0.1) is 11.0 Å². The van der Waals surface area contributed by atoms with Gasteiger partial charge in [0.1, 0.15) is 0 Å². The second kappa shape index (κ2) is 6.71. The highest BCUT2D eigenvalue weighted by molar-refractivity contribution is 8.00. The van der Waals surface area contributed by atoms with Crippen molar-refractivity contribution < 1.29 is 0 Å². The smallest absolute Gasteiger partial charge is 0.309 e. The van der Waals surface area contributed by atoms with Crippen LogP contribution in [0.1, 0.15) is 45.2 Å². The minimum absolute atomic E-state index is 0.152. The van der Waals surface area contributed by atoms with Crippen LogP contribution in [0.3, 0.4) is 0 Å². The average Bonchev–Trinajstić information content (AvgIpc) is 2.88. The summed E-state index contributed by atoms with van der Waals surface area (Å²) in [7, 11) is 0. The number of fused-ring (bicyclic) bond motifs is 1. The van der Waals surface area contributed by atoms with Gasteiger partial charge in [0, 0.05) is 17.3 Å². The first-order chi connectivity index (χ1) is 10.0. The molecule has 21 heavy (non-hydrogen) atoms. The molecular weight excluding hydrogens is 282 g/mol. The summed E-state index contributed by atoms with van der Waals surface area (Å²) < 4.78 is 0.306. The number of imidazole rings is 1. The van der Waals surface area contributed by atoms with Gasteiger partial charge in [-0.1, -0.05) is 19.9 Å². The first-order valence-electron chi connectivity index (χ1n) is 7.54. The monoisotopic (exact) mass is 307 g/mol. The van der Waals surface area contributed by atoms with Gasteiger partial charge in [0.2, 0.25) is 0 Å². The van der Waals surface area contributed by atoms with Crippen molar-refractivity contribution in [2.24, 2.45) is 0 Å². The molecule has 5 heteroatoms. The molecule has 0 aliphatic rings. The van der Waals surface area contributed by atoms with Crippen molar-refractivity contribution in [3.8, 4) is 0 Å². The quantitative estimate of drug-likeness (QED) is 0.734. The highest BCUT2D eigenvalue weighted by Crippen LogP contribution is 2.30. The average molecular weight is 307 g/mol. The van der Waals surface area contributed by atoms with Crippen molar-refractivity contribution >= 4 is 22.8 Å². The lowest BCUT2D eigenvalue weighted by atomic mass is 10.0. The number of thioether (sulfide) groups is 1. The Bertz CT molecular complexity index is 634. The number of nitrogens with one attached hydrogen (secondary N) is 3. The highest BCUT2D eigenvalue weighted by Gasteiger charge is 2.25. The number of aromatic amines is 2. The molecule has 1 heterocycles. The SMILES string of the molecule is CCC(CC)(CNC(C)c1ccc2[nH]c(=O)[nH]c2c1)SC. The van der Waals surface area contributed by atoms with E-state index in [1.165, 1.54) is 5.56 Å².